The maximum atomic E-state index is 15.3. The van der Waals surface area contributed by atoms with Crippen molar-refractivity contribution in [3.8, 4) is 11.6 Å². The van der Waals surface area contributed by atoms with Gasteiger partial charge in [-0.3, -0.25) is 4.79 Å². The van der Waals surface area contributed by atoms with Gasteiger partial charge in [-0.05, 0) is 63.5 Å². The number of pyridine rings is 1. The lowest BCUT2D eigenvalue weighted by Crippen LogP contribution is -2.43. The predicted octanol–water partition coefficient (Wildman–Crippen LogP) is 5.92. The van der Waals surface area contributed by atoms with Crippen LogP contribution in [-0.2, 0) is 22.1 Å². The number of hydrogen-bond donors (Lipinski definition) is 1. The van der Waals surface area contributed by atoms with Gasteiger partial charge in [0.2, 0.25) is 11.8 Å². The number of amides is 1. The quantitative estimate of drug-likeness (QED) is 0.330. The number of aliphatic hydroxyl groups excluding tert-OH is 1. The van der Waals surface area contributed by atoms with Gasteiger partial charge in [0, 0.05) is 36.9 Å². The molecule has 1 amide bonds. The maximum absolute atomic E-state index is 15.3. The first-order chi connectivity index (χ1) is 17.9. The number of carbonyl (C=O) groups is 2. The van der Waals surface area contributed by atoms with Gasteiger partial charge in [0.25, 0.3) is 0 Å². The zero-order valence-electron chi connectivity index (χ0n) is 21.8. The van der Waals surface area contributed by atoms with Crippen LogP contribution in [0.15, 0.2) is 24.4 Å². The van der Waals surface area contributed by atoms with Gasteiger partial charge >= 0.3 is 12.1 Å². The molecule has 1 heterocycles. The number of aromatic nitrogens is 1. The molecule has 0 aliphatic heterocycles. The zero-order valence-corrected chi connectivity index (χ0v) is 21.8. The smallest absolute Gasteiger partial charge is 0.421 e. The topological polar surface area (TPSA) is 89.0 Å². The van der Waals surface area contributed by atoms with E-state index in [1.165, 1.54) is 4.90 Å². The van der Waals surface area contributed by atoms with E-state index in [1.807, 2.05) is 0 Å². The monoisotopic (exact) mass is 540 g/mol. The molecule has 0 atom stereocenters. The zero-order chi connectivity index (χ0) is 28.2. The second-order valence-corrected chi connectivity index (χ2v) is 9.82. The van der Waals surface area contributed by atoms with E-state index in [0.29, 0.717) is 18.8 Å². The molecule has 1 aliphatic rings. The fourth-order valence-electron chi connectivity index (χ4n) is 4.60. The maximum Gasteiger partial charge on any atom is 0.421 e. The molecule has 38 heavy (non-hydrogen) atoms. The minimum Gasteiger partial charge on any atom is -0.465 e. The number of esters is 1. The lowest BCUT2D eigenvalue weighted by atomic mass is 9.82. The predicted molar refractivity (Wildman–Crippen MR) is 132 cm³/mol. The van der Waals surface area contributed by atoms with E-state index in [0.717, 1.165) is 44.3 Å². The summed E-state index contributed by atoms with van der Waals surface area (Å²) in [5, 5.41) is 9.04. The highest BCUT2D eigenvalue weighted by atomic mass is 19.4. The summed E-state index contributed by atoms with van der Waals surface area (Å²) in [6, 6.07) is 2.13. The van der Waals surface area contributed by atoms with Crippen LogP contribution in [0.1, 0.15) is 67.9 Å². The van der Waals surface area contributed by atoms with Crippen LogP contribution in [0.2, 0.25) is 0 Å². The van der Waals surface area contributed by atoms with Crippen molar-refractivity contribution in [3.63, 3.8) is 0 Å². The van der Waals surface area contributed by atoms with Crippen LogP contribution in [-0.4, -0.2) is 41.7 Å². The molecule has 1 fully saturated rings. The molecule has 1 saturated carbocycles. The average molecular weight is 541 g/mol. The molecular weight excluding hydrogens is 508 g/mol. The summed E-state index contributed by atoms with van der Waals surface area (Å²) in [6.07, 6.45) is -0.785. The molecule has 1 N–H and O–H groups in total. The molecule has 0 unspecified atom stereocenters. The van der Waals surface area contributed by atoms with Crippen molar-refractivity contribution in [2.24, 2.45) is 11.8 Å². The fraction of sp³-hybridized carbons (Fsp3) is 0.519. The number of aliphatic hydroxyl groups is 1. The van der Waals surface area contributed by atoms with E-state index in [4.69, 9.17) is 14.6 Å². The van der Waals surface area contributed by atoms with Crippen LogP contribution < -0.4 is 9.64 Å². The third-order valence-electron chi connectivity index (χ3n) is 6.65. The normalized spacial score (nSPS) is 17.8. The lowest BCUT2D eigenvalue weighted by Gasteiger charge is -2.34. The van der Waals surface area contributed by atoms with Gasteiger partial charge in [0.15, 0.2) is 11.6 Å². The highest BCUT2D eigenvalue weighted by Gasteiger charge is 2.37. The first-order valence-electron chi connectivity index (χ1n) is 12.5. The third kappa shape index (κ3) is 6.61. The van der Waals surface area contributed by atoms with Crippen molar-refractivity contribution >= 4 is 17.6 Å². The van der Waals surface area contributed by atoms with E-state index in [1.54, 1.807) is 13.8 Å². The number of carbonyl (C=O) groups excluding carboxylic acids is 2. The number of methoxy groups -OCH3 is 1. The molecule has 1 aliphatic carbocycles. The molecular formula is C27H32F4N2O5. The summed E-state index contributed by atoms with van der Waals surface area (Å²) in [4.78, 5) is 31.2. The van der Waals surface area contributed by atoms with E-state index in [2.05, 4.69) is 11.9 Å². The summed E-state index contributed by atoms with van der Waals surface area (Å²) < 4.78 is 66.5. The van der Waals surface area contributed by atoms with Crippen LogP contribution in [0.5, 0.6) is 11.6 Å². The minimum absolute atomic E-state index is 0.0531. The van der Waals surface area contributed by atoms with Crippen LogP contribution in [0.3, 0.4) is 0 Å². The SMILES string of the molecule is COC(=O)c1cc(Oc2ncc(CCO)cc2C(F)(F)F)c(F)cc1N(C(=O)[C@H]1CC[C@H](C)CC1)C(C)C. The van der Waals surface area contributed by atoms with E-state index < -0.39 is 41.2 Å². The molecule has 3 rings (SSSR count). The van der Waals surface area contributed by atoms with Crippen molar-refractivity contribution in [2.45, 2.75) is 65.1 Å². The summed E-state index contributed by atoms with van der Waals surface area (Å²) in [5.41, 5.74) is -1.44. The highest BCUT2D eigenvalue weighted by Crippen LogP contribution is 2.40. The molecule has 0 saturated heterocycles. The Labute approximate surface area is 218 Å². The number of nitrogens with zero attached hydrogens (tertiary/aromatic N) is 2. The first-order valence-corrected chi connectivity index (χ1v) is 12.5. The summed E-state index contributed by atoms with van der Waals surface area (Å²) in [5.74, 6) is -3.67. The Balaban J connectivity index is 2.06. The Morgan fingerprint density at radius 3 is 2.37 bits per heavy atom. The van der Waals surface area contributed by atoms with Crippen molar-refractivity contribution in [2.75, 3.05) is 18.6 Å². The molecule has 0 bridgehead atoms. The number of halogens is 4. The largest absolute Gasteiger partial charge is 0.465 e. The Kier molecular flexibility index (Phi) is 9.35. The number of rotatable bonds is 8. The molecule has 7 nitrogen and oxygen atoms in total. The van der Waals surface area contributed by atoms with E-state index in [-0.39, 0.29) is 41.7 Å². The van der Waals surface area contributed by atoms with E-state index in [9.17, 15) is 22.8 Å². The van der Waals surface area contributed by atoms with Gasteiger partial charge in [-0.2, -0.15) is 13.2 Å². The molecule has 0 radical (unpaired) electrons. The van der Waals surface area contributed by atoms with Gasteiger partial charge in [-0.25, -0.2) is 14.2 Å². The third-order valence-corrected chi connectivity index (χ3v) is 6.65. The van der Waals surface area contributed by atoms with Crippen LogP contribution in [0, 0.1) is 17.7 Å². The Morgan fingerprint density at radius 2 is 1.82 bits per heavy atom. The van der Waals surface area contributed by atoms with Gasteiger partial charge in [0.1, 0.15) is 5.56 Å². The van der Waals surface area contributed by atoms with Gasteiger partial charge < -0.3 is 19.5 Å². The number of anilines is 1. The fourth-order valence-corrected chi connectivity index (χ4v) is 4.60. The van der Waals surface area contributed by atoms with E-state index >= 15 is 4.39 Å². The van der Waals surface area contributed by atoms with Crippen molar-refractivity contribution < 1.29 is 41.7 Å². The Hall–Kier alpha value is -3.21. The van der Waals surface area contributed by atoms with Crippen molar-refractivity contribution in [1.82, 2.24) is 4.98 Å². The molecule has 2 aromatic rings. The molecule has 11 heteroatoms. The second kappa shape index (κ2) is 12.1. The van der Waals surface area contributed by atoms with Crippen LogP contribution >= 0.6 is 0 Å². The molecule has 1 aromatic heterocycles. The Morgan fingerprint density at radius 1 is 1.16 bits per heavy atom. The average Bonchev–Trinajstić information content (AvgIpc) is 2.85. The molecule has 1 aromatic carbocycles. The van der Waals surface area contributed by atoms with Crippen LogP contribution in [0.25, 0.3) is 0 Å². The number of ether oxygens (including phenoxy) is 2. The highest BCUT2D eigenvalue weighted by molar-refractivity contribution is 6.04. The van der Waals surface area contributed by atoms with Gasteiger partial charge in [0.05, 0.1) is 18.4 Å². The van der Waals surface area contributed by atoms with Crippen LogP contribution in [0.4, 0.5) is 23.2 Å². The molecule has 208 valence electrons. The minimum atomic E-state index is -4.88. The summed E-state index contributed by atoms with van der Waals surface area (Å²) in [6.45, 7) is 5.17. The number of alkyl halides is 3. The summed E-state index contributed by atoms with van der Waals surface area (Å²) in [7, 11) is 1.10. The first kappa shape index (κ1) is 29.3. The van der Waals surface area contributed by atoms with Crippen molar-refractivity contribution in [1.29, 1.82) is 0 Å². The number of hydrogen-bond acceptors (Lipinski definition) is 6. The second-order valence-electron chi connectivity index (χ2n) is 9.82. The summed E-state index contributed by atoms with van der Waals surface area (Å²) >= 11 is 0. The van der Waals surface area contributed by atoms with Crippen molar-refractivity contribution in [3.05, 3.63) is 46.9 Å². The van der Waals surface area contributed by atoms with Gasteiger partial charge in [-0.1, -0.05) is 6.92 Å². The number of benzene rings is 1. The Bertz CT molecular complexity index is 1160. The van der Waals surface area contributed by atoms with Gasteiger partial charge in [-0.15, -0.1) is 0 Å². The standard InChI is InChI=1S/C27H32F4N2O5/c1-15(2)33(25(35)18-7-5-16(3)6-8-18)22-13-21(28)23(12-19(22)26(36)37-4)38-24-20(27(29,30)31)11-17(9-10-34)14-32-24/h11-16,18,34H,5-10H2,1-4H3/t16-,18-. The molecule has 0 spiro atoms. The lowest BCUT2D eigenvalue weighted by molar-refractivity contribution is -0.139.